The summed E-state index contributed by atoms with van der Waals surface area (Å²) in [6.07, 6.45) is 0.417. The van der Waals surface area contributed by atoms with Crippen molar-refractivity contribution in [2.75, 3.05) is 26.2 Å². The molecule has 1 saturated heterocycles. The molecule has 1 heterocycles. The fourth-order valence-corrected chi connectivity index (χ4v) is 2.48. The third-order valence-corrected chi connectivity index (χ3v) is 3.51. The molecule has 2 rings (SSSR count). The summed E-state index contributed by atoms with van der Waals surface area (Å²) in [5.74, 6) is -0.00576. The minimum atomic E-state index is -0.105. The van der Waals surface area contributed by atoms with Crippen molar-refractivity contribution in [3.05, 3.63) is 35.9 Å². The number of hydrogen-bond donors (Lipinski definition) is 2. The third-order valence-electron chi connectivity index (χ3n) is 3.51. The second kappa shape index (κ2) is 11.6. The van der Waals surface area contributed by atoms with Crippen LogP contribution in [0.5, 0.6) is 0 Å². The Kier molecular flexibility index (Phi) is 11.2. The first-order chi connectivity index (χ1) is 10.1. The number of nitrogens with zero attached hydrogens (tertiary/aromatic N) is 1. The van der Waals surface area contributed by atoms with E-state index < -0.39 is 0 Å². The summed E-state index contributed by atoms with van der Waals surface area (Å²) in [6, 6.07) is 10.3. The summed E-state index contributed by atoms with van der Waals surface area (Å²) in [4.78, 5) is 14.0. The first-order valence-electron chi connectivity index (χ1n) is 7.53. The fourth-order valence-electron chi connectivity index (χ4n) is 2.48. The van der Waals surface area contributed by atoms with Gasteiger partial charge in [-0.2, -0.15) is 0 Å². The molecule has 1 aliphatic heterocycles. The van der Waals surface area contributed by atoms with Crippen LogP contribution in [0.25, 0.3) is 0 Å². The Bertz CT molecular complexity index is 446. The van der Waals surface area contributed by atoms with E-state index in [1.165, 1.54) is 5.56 Å². The first kappa shape index (κ1) is 22.1. The molecule has 0 radical (unpaired) electrons. The van der Waals surface area contributed by atoms with Crippen molar-refractivity contribution in [2.45, 2.75) is 32.0 Å². The predicted molar refractivity (Wildman–Crippen MR) is 97.2 cm³/mol. The molecule has 0 saturated carbocycles. The fraction of sp³-hybridized carbons (Fsp3) is 0.562. The van der Waals surface area contributed by atoms with Crippen LogP contribution in [0.3, 0.4) is 0 Å². The number of carbonyl (C=O) groups is 1. The Labute approximate surface area is 150 Å². The van der Waals surface area contributed by atoms with E-state index in [2.05, 4.69) is 34.5 Å². The number of nitrogens with two attached hydrogens (primary N) is 1. The number of ether oxygens (including phenoxy) is 1. The first-order valence-corrected chi connectivity index (χ1v) is 7.53. The number of carbonyl (C=O) groups excluding carboxylic acids is 1. The highest BCUT2D eigenvalue weighted by Crippen LogP contribution is 2.10. The van der Waals surface area contributed by atoms with Crippen molar-refractivity contribution in [3.63, 3.8) is 0 Å². The molecule has 0 spiro atoms. The maximum Gasteiger partial charge on any atom is 0.221 e. The Morgan fingerprint density at radius 2 is 2.09 bits per heavy atom. The maximum atomic E-state index is 11.6. The monoisotopic (exact) mass is 363 g/mol. The van der Waals surface area contributed by atoms with Gasteiger partial charge in [0.25, 0.3) is 0 Å². The topological polar surface area (TPSA) is 67.6 Å². The maximum absolute atomic E-state index is 11.6. The Balaban J connectivity index is 0.00000242. The van der Waals surface area contributed by atoms with Gasteiger partial charge in [-0.3, -0.25) is 9.69 Å². The lowest BCUT2D eigenvalue weighted by Crippen LogP contribution is -2.47. The summed E-state index contributed by atoms with van der Waals surface area (Å²) in [7, 11) is 0. The van der Waals surface area contributed by atoms with Gasteiger partial charge in [0.05, 0.1) is 12.7 Å². The number of halogens is 2. The van der Waals surface area contributed by atoms with E-state index in [-0.39, 0.29) is 42.9 Å². The van der Waals surface area contributed by atoms with Crippen molar-refractivity contribution in [1.82, 2.24) is 10.2 Å². The van der Waals surface area contributed by atoms with Gasteiger partial charge < -0.3 is 15.8 Å². The quantitative estimate of drug-likeness (QED) is 0.805. The highest BCUT2D eigenvalue weighted by Gasteiger charge is 2.21. The van der Waals surface area contributed by atoms with Crippen LogP contribution in [0.4, 0.5) is 0 Å². The van der Waals surface area contributed by atoms with Crippen LogP contribution in [0.15, 0.2) is 30.3 Å². The molecule has 2 unspecified atom stereocenters. The molecule has 1 aromatic carbocycles. The predicted octanol–water partition coefficient (Wildman–Crippen LogP) is 1.58. The van der Waals surface area contributed by atoms with E-state index in [4.69, 9.17) is 10.5 Å². The van der Waals surface area contributed by atoms with Gasteiger partial charge in [-0.1, -0.05) is 30.3 Å². The van der Waals surface area contributed by atoms with Crippen LogP contribution in [-0.4, -0.2) is 49.2 Å². The van der Waals surface area contributed by atoms with Gasteiger partial charge in [0.1, 0.15) is 0 Å². The summed E-state index contributed by atoms with van der Waals surface area (Å²) >= 11 is 0. The van der Waals surface area contributed by atoms with E-state index in [9.17, 15) is 4.79 Å². The molecule has 7 heteroatoms. The van der Waals surface area contributed by atoms with Crippen LogP contribution in [-0.2, 0) is 16.1 Å². The van der Waals surface area contributed by atoms with E-state index in [0.29, 0.717) is 19.6 Å². The largest absolute Gasteiger partial charge is 0.374 e. The number of hydrogen-bond acceptors (Lipinski definition) is 4. The zero-order valence-corrected chi connectivity index (χ0v) is 15.1. The molecule has 132 valence electrons. The van der Waals surface area contributed by atoms with Crippen LogP contribution >= 0.6 is 24.8 Å². The van der Waals surface area contributed by atoms with Crippen LogP contribution in [0, 0.1) is 0 Å². The van der Waals surface area contributed by atoms with Crippen LogP contribution in [0.2, 0.25) is 0 Å². The summed E-state index contributed by atoms with van der Waals surface area (Å²) in [5.41, 5.74) is 6.91. The molecule has 0 bridgehead atoms. The SMILES string of the molecule is CC(N)CC(=O)NCC1CN(Cc2ccccc2)CCO1.Cl.Cl. The zero-order chi connectivity index (χ0) is 15.1. The van der Waals surface area contributed by atoms with Crippen LogP contribution < -0.4 is 11.1 Å². The van der Waals surface area contributed by atoms with E-state index in [1.54, 1.807) is 0 Å². The standard InChI is InChI=1S/C16H25N3O2.2ClH/c1-13(17)9-16(20)18-10-15-12-19(7-8-21-15)11-14-5-3-2-4-6-14;;/h2-6,13,15H,7-12,17H2,1H3,(H,18,20);2*1H. The van der Waals surface area contributed by atoms with Crippen molar-refractivity contribution < 1.29 is 9.53 Å². The molecule has 1 aromatic rings. The molecule has 0 aromatic heterocycles. The van der Waals surface area contributed by atoms with Crippen molar-refractivity contribution >= 4 is 30.7 Å². The van der Waals surface area contributed by atoms with Crippen molar-refractivity contribution in [1.29, 1.82) is 0 Å². The van der Waals surface area contributed by atoms with Crippen molar-refractivity contribution in [3.8, 4) is 0 Å². The van der Waals surface area contributed by atoms with Crippen LogP contribution in [0.1, 0.15) is 18.9 Å². The molecule has 1 aliphatic rings. The minimum Gasteiger partial charge on any atom is -0.374 e. The molecular formula is C16H27Cl2N3O2. The Morgan fingerprint density at radius 3 is 2.74 bits per heavy atom. The summed E-state index contributed by atoms with van der Waals surface area (Å²) in [6.45, 7) is 5.79. The number of amides is 1. The third kappa shape index (κ3) is 8.53. The van der Waals surface area contributed by atoms with Gasteiger partial charge in [-0.25, -0.2) is 0 Å². The zero-order valence-electron chi connectivity index (χ0n) is 13.4. The van der Waals surface area contributed by atoms with Gasteiger partial charge in [0, 0.05) is 38.6 Å². The minimum absolute atomic E-state index is 0. The number of nitrogens with one attached hydrogen (secondary N) is 1. The van der Waals surface area contributed by atoms with E-state index >= 15 is 0 Å². The smallest absolute Gasteiger partial charge is 0.221 e. The summed E-state index contributed by atoms with van der Waals surface area (Å²) < 4.78 is 5.71. The number of benzene rings is 1. The van der Waals surface area contributed by atoms with Gasteiger partial charge in [-0.05, 0) is 12.5 Å². The average molecular weight is 364 g/mol. The molecule has 2 atom stereocenters. The normalized spacial score (nSPS) is 19.1. The molecule has 1 fully saturated rings. The Hall–Kier alpha value is -0.850. The van der Waals surface area contributed by atoms with Gasteiger partial charge >= 0.3 is 0 Å². The van der Waals surface area contributed by atoms with Gasteiger partial charge in [0.15, 0.2) is 0 Å². The molecule has 3 N–H and O–H groups in total. The van der Waals surface area contributed by atoms with Crippen molar-refractivity contribution in [2.24, 2.45) is 5.73 Å². The molecular weight excluding hydrogens is 337 g/mol. The highest BCUT2D eigenvalue weighted by atomic mass is 35.5. The molecule has 5 nitrogen and oxygen atoms in total. The van der Waals surface area contributed by atoms with E-state index in [0.717, 1.165) is 19.6 Å². The average Bonchev–Trinajstić information content (AvgIpc) is 2.46. The molecule has 1 amide bonds. The van der Waals surface area contributed by atoms with Gasteiger partial charge in [-0.15, -0.1) is 24.8 Å². The summed E-state index contributed by atoms with van der Waals surface area (Å²) in [5, 5.41) is 2.90. The Morgan fingerprint density at radius 1 is 1.39 bits per heavy atom. The number of rotatable bonds is 6. The lowest BCUT2D eigenvalue weighted by atomic mass is 10.2. The molecule has 23 heavy (non-hydrogen) atoms. The van der Waals surface area contributed by atoms with Gasteiger partial charge in [0.2, 0.25) is 5.91 Å². The molecule has 0 aliphatic carbocycles. The second-order valence-corrected chi connectivity index (χ2v) is 5.70. The lowest BCUT2D eigenvalue weighted by Gasteiger charge is -2.33. The van der Waals surface area contributed by atoms with E-state index in [1.807, 2.05) is 13.0 Å². The number of morpholine rings is 1. The second-order valence-electron chi connectivity index (χ2n) is 5.70. The lowest BCUT2D eigenvalue weighted by molar-refractivity contribution is -0.122. The highest BCUT2D eigenvalue weighted by molar-refractivity contribution is 5.85.